The summed E-state index contributed by atoms with van der Waals surface area (Å²) in [5.74, 6) is 2.23. The first-order chi connectivity index (χ1) is 13.4. The van der Waals surface area contributed by atoms with Crippen LogP contribution in [0.5, 0.6) is 0 Å². The smallest absolute Gasteiger partial charge is 0.312 e. The first-order valence-corrected chi connectivity index (χ1v) is 9.27. The van der Waals surface area contributed by atoms with E-state index in [4.69, 9.17) is 21.6 Å². The van der Waals surface area contributed by atoms with Crippen molar-refractivity contribution in [3.8, 4) is 12.3 Å². The Bertz CT molecular complexity index is 848. The van der Waals surface area contributed by atoms with Crippen LogP contribution in [0.25, 0.3) is 11.2 Å². The van der Waals surface area contributed by atoms with Gasteiger partial charge >= 0.3 is 12.0 Å². The number of methoxy groups -OCH3 is 1. The van der Waals surface area contributed by atoms with Crippen LogP contribution in [0.1, 0.15) is 45.4 Å². The highest BCUT2D eigenvalue weighted by Gasteiger charge is 2.29. The van der Waals surface area contributed by atoms with Crippen molar-refractivity contribution in [2.24, 2.45) is 0 Å². The molecule has 2 aromatic rings. The van der Waals surface area contributed by atoms with Gasteiger partial charge in [0.25, 0.3) is 0 Å². The van der Waals surface area contributed by atoms with Crippen LogP contribution in [0.2, 0.25) is 0 Å². The predicted molar refractivity (Wildman–Crippen MR) is 103 cm³/mol. The van der Waals surface area contributed by atoms with Gasteiger partial charge in [0.2, 0.25) is 0 Å². The number of halogens is 1. The van der Waals surface area contributed by atoms with Gasteiger partial charge in [0.05, 0.1) is 6.33 Å². The summed E-state index contributed by atoms with van der Waals surface area (Å²) in [6, 6.07) is 0. The number of unbranched alkanes of at least 4 members (excludes halogenated alkanes) is 3. The fourth-order valence-electron chi connectivity index (χ4n) is 2.77. The van der Waals surface area contributed by atoms with Crippen molar-refractivity contribution in [1.29, 1.82) is 0 Å². The number of fused-ring (bicyclic) bond motifs is 1. The van der Waals surface area contributed by atoms with Gasteiger partial charge in [-0.1, -0.05) is 32.1 Å². The molecule has 2 heterocycles. The van der Waals surface area contributed by atoms with Gasteiger partial charge in [-0.15, -0.1) is 6.42 Å². The van der Waals surface area contributed by atoms with Crippen molar-refractivity contribution in [2.45, 2.75) is 57.6 Å². The largest absolute Gasteiger partial charge is 0.462 e. The number of aryl methyl sites for hydroxylation is 1. The van der Waals surface area contributed by atoms with E-state index < -0.39 is 11.7 Å². The van der Waals surface area contributed by atoms with Gasteiger partial charge in [0, 0.05) is 26.5 Å². The van der Waals surface area contributed by atoms with Crippen LogP contribution in [-0.2, 0) is 20.8 Å². The second-order valence-corrected chi connectivity index (χ2v) is 6.55. The number of nitrogen functional groups attached to an aromatic ring is 1. The topological polar surface area (TPSA) is 105 Å². The zero-order valence-corrected chi connectivity index (χ0v) is 16.3. The number of anilines is 1. The SMILES string of the molecule is C#C[C@](CCn1cnc2c(N)nc(F)nc21)(COC(=O)CCCCCC)OC. The van der Waals surface area contributed by atoms with Crippen molar-refractivity contribution in [3.05, 3.63) is 12.4 Å². The minimum absolute atomic E-state index is 0.0341. The molecule has 0 unspecified atom stereocenters. The molecule has 0 saturated heterocycles. The highest BCUT2D eigenvalue weighted by Crippen LogP contribution is 2.21. The summed E-state index contributed by atoms with van der Waals surface area (Å²) in [6.07, 6.45) is 10.8. The summed E-state index contributed by atoms with van der Waals surface area (Å²) in [7, 11) is 1.46. The minimum Gasteiger partial charge on any atom is -0.462 e. The van der Waals surface area contributed by atoms with Gasteiger partial charge in [-0.25, -0.2) is 4.98 Å². The van der Waals surface area contributed by atoms with Crippen LogP contribution in [0.3, 0.4) is 0 Å². The maximum Gasteiger partial charge on any atom is 0.312 e. The molecule has 9 heteroatoms. The molecule has 28 heavy (non-hydrogen) atoms. The molecule has 0 fully saturated rings. The first-order valence-electron chi connectivity index (χ1n) is 9.27. The summed E-state index contributed by atoms with van der Waals surface area (Å²) in [5, 5.41) is 0. The molecular formula is C19H26FN5O3. The Morgan fingerprint density at radius 3 is 2.86 bits per heavy atom. The fourth-order valence-corrected chi connectivity index (χ4v) is 2.77. The van der Waals surface area contributed by atoms with Crippen molar-refractivity contribution in [2.75, 3.05) is 19.5 Å². The van der Waals surface area contributed by atoms with Crippen LogP contribution < -0.4 is 5.73 Å². The first kappa shape index (κ1) is 21.6. The number of hydrogen-bond donors (Lipinski definition) is 1. The lowest BCUT2D eigenvalue weighted by molar-refractivity contribution is -0.150. The number of aromatic nitrogens is 4. The zero-order valence-electron chi connectivity index (χ0n) is 16.3. The van der Waals surface area contributed by atoms with Crippen molar-refractivity contribution >= 4 is 23.0 Å². The second kappa shape index (κ2) is 9.99. The Balaban J connectivity index is 1.99. The molecule has 0 aliphatic rings. The standard InChI is InChI=1S/C19H26FN5O3/c1-4-6-7-8-9-14(26)28-12-19(5-2,27-3)10-11-25-13-22-15-16(21)23-18(20)24-17(15)25/h2,13H,4,6-12H2,1,3H3,(H2,21,23,24)/t19-/m0/s1. The number of nitrogens with zero attached hydrogens (tertiary/aromatic N) is 4. The predicted octanol–water partition coefficient (Wildman–Crippen LogP) is 2.47. The third-order valence-electron chi connectivity index (χ3n) is 4.57. The van der Waals surface area contributed by atoms with Gasteiger partial charge in [0.1, 0.15) is 12.1 Å². The fraction of sp³-hybridized carbons (Fsp3) is 0.579. The number of carbonyl (C=O) groups is 1. The average Bonchev–Trinajstić information content (AvgIpc) is 3.09. The van der Waals surface area contributed by atoms with E-state index in [2.05, 4.69) is 27.8 Å². The Hall–Kier alpha value is -2.73. The van der Waals surface area contributed by atoms with E-state index in [9.17, 15) is 9.18 Å². The van der Waals surface area contributed by atoms with Gasteiger partial charge in [-0.2, -0.15) is 14.4 Å². The quantitative estimate of drug-likeness (QED) is 0.271. The van der Waals surface area contributed by atoms with Crippen LogP contribution in [0.15, 0.2) is 6.33 Å². The lowest BCUT2D eigenvalue weighted by Gasteiger charge is -2.26. The molecule has 2 rings (SSSR count). The third kappa shape index (κ3) is 5.39. The number of carbonyl (C=O) groups excluding carboxylic acids is 1. The Morgan fingerprint density at radius 2 is 2.18 bits per heavy atom. The van der Waals surface area contributed by atoms with Crippen molar-refractivity contribution in [1.82, 2.24) is 19.5 Å². The Labute approximate surface area is 163 Å². The van der Waals surface area contributed by atoms with Gasteiger partial charge < -0.3 is 19.8 Å². The van der Waals surface area contributed by atoms with E-state index in [1.54, 1.807) is 4.57 Å². The number of esters is 1. The Morgan fingerprint density at radius 1 is 1.39 bits per heavy atom. The maximum atomic E-state index is 13.5. The number of ether oxygens (including phenoxy) is 2. The van der Waals surface area contributed by atoms with Crippen LogP contribution in [-0.4, -0.2) is 44.8 Å². The Kier molecular flexibility index (Phi) is 7.70. The van der Waals surface area contributed by atoms with Gasteiger partial charge in [-0.05, 0) is 6.42 Å². The lowest BCUT2D eigenvalue weighted by atomic mass is 10.0. The zero-order chi connectivity index (χ0) is 20.6. The second-order valence-electron chi connectivity index (χ2n) is 6.55. The summed E-state index contributed by atoms with van der Waals surface area (Å²) in [5.41, 5.74) is 5.13. The number of nitrogens with two attached hydrogens (primary N) is 1. The van der Waals surface area contributed by atoms with E-state index in [0.29, 0.717) is 24.9 Å². The minimum atomic E-state index is -1.10. The van der Waals surface area contributed by atoms with Crippen molar-refractivity contribution < 1.29 is 18.7 Å². The molecule has 0 aliphatic heterocycles. The monoisotopic (exact) mass is 391 g/mol. The number of terminal acetylenes is 1. The molecule has 0 bridgehead atoms. The molecule has 0 aromatic carbocycles. The van der Waals surface area contributed by atoms with Crippen LogP contribution in [0.4, 0.5) is 10.2 Å². The number of hydrogen-bond acceptors (Lipinski definition) is 7. The van der Waals surface area contributed by atoms with Crippen LogP contribution >= 0.6 is 0 Å². The molecule has 0 spiro atoms. The molecule has 152 valence electrons. The highest BCUT2D eigenvalue weighted by atomic mass is 19.1. The highest BCUT2D eigenvalue weighted by molar-refractivity contribution is 5.81. The van der Waals surface area contributed by atoms with E-state index in [-0.39, 0.29) is 24.0 Å². The molecule has 1 atom stereocenters. The molecule has 2 aromatic heterocycles. The van der Waals surface area contributed by atoms with Gasteiger partial charge in [-0.3, -0.25) is 4.79 Å². The normalized spacial score (nSPS) is 13.2. The number of imidazole rings is 1. The molecule has 2 N–H and O–H groups in total. The molecule has 0 saturated carbocycles. The molecule has 0 radical (unpaired) electrons. The van der Waals surface area contributed by atoms with E-state index in [1.165, 1.54) is 13.4 Å². The molecule has 8 nitrogen and oxygen atoms in total. The average molecular weight is 391 g/mol. The van der Waals surface area contributed by atoms with E-state index in [0.717, 1.165) is 25.7 Å². The lowest BCUT2D eigenvalue weighted by Crippen LogP contribution is -2.37. The number of rotatable bonds is 11. The summed E-state index contributed by atoms with van der Waals surface area (Å²) >= 11 is 0. The molecule has 0 aliphatic carbocycles. The van der Waals surface area contributed by atoms with Crippen molar-refractivity contribution in [3.63, 3.8) is 0 Å². The third-order valence-corrected chi connectivity index (χ3v) is 4.57. The van der Waals surface area contributed by atoms with E-state index >= 15 is 0 Å². The summed E-state index contributed by atoms with van der Waals surface area (Å²) in [4.78, 5) is 23.2. The summed E-state index contributed by atoms with van der Waals surface area (Å²) in [6.45, 7) is 2.36. The van der Waals surface area contributed by atoms with Crippen LogP contribution in [0, 0.1) is 18.4 Å². The maximum absolute atomic E-state index is 13.5. The summed E-state index contributed by atoms with van der Waals surface area (Å²) < 4.78 is 25.9. The van der Waals surface area contributed by atoms with E-state index in [1.807, 2.05) is 0 Å². The van der Waals surface area contributed by atoms with Gasteiger partial charge in [0.15, 0.2) is 17.1 Å². The molecule has 0 amide bonds. The molecular weight excluding hydrogens is 365 g/mol.